The number of hydrogen-bond acceptors (Lipinski definition) is 3. The SMILES string of the molecule is CC(NC(=O)NCC(C)(O)c1ccco1)c1cccc2ccccc12. The Labute approximate surface area is 146 Å². The highest BCUT2D eigenvalue weighted by Gasteiger charge is 2.27. The average Bonchev–Trinajstić information content (AvgIpc) is 3.15. The first-order valence-electron chi connectivity index (χ1n) is 8.26. The fourth-order valence-corrected chi connectivity index (χ4v) is 2.88. The zero-order chi connectivity index (χ0) is 17.9. The van der Waals surface area contributed by atoms with Crippen LogP contribution in [0.3, 0.4) is 0 Å². The number of urea groups is 1. The second-order valence-electron chi connectivity index (χ2n) is 6.37. The maximum absolute atomic E-state index is 12.2. The predicted molar refractivity (Wildman–Crippen MR) is 97.2 cm³/mol. The molecule has 0 aliphatic carbocycles. The number of furan rings is 1. The van der Waals surface area contributed by atoms with Gasteiger partial charge in [-0.1, -0.05) is 42.5 Å². The lowest BCUT2D eigenvalue weighted by Crippen LogP contribution is -2.44. The van der Waals surface area contributed by atoms with Crippen molar-refractivity contribution < 1.29 is 14.3 Å². The summed E-state index contributed by atoms with van der Waals surface area (Å²) in [7, 11) is 0. The van der Waals surface area contributed by atoms with Gasteiger partial charge in [-0.2, -0.15) is 0 Å². The number of nitrogens with one attached hydrogen (secondary N) is 2. The van der Waals surface area contributed by atoms with Crippen molar-refractivity contribution >= 4 is 16.8 Å². The smallest absolute Gasteiger partial charge is 0.315 e. The molecule has 2 unspecified atom stereocenters. The topological polar surface area (TPSA) is 74.5 Å². The Bertz CT molecular complexity index is 851. The summed E-state index contributed by atoms with van der Waals surface area (Å²) in [6.07, 6.45) is 1.49. The van der Waals surface area contributed by atoms with Crippen molar-refractivity contribution in [3.05, 3.63) is 72.2 Å². The zero-order valence-corrected chi connectivity index (χ0v) is 14.3. The number of aliphatic hydroxyl groups is 1. The molecule has 0 radical (unpaired) electrons. The van der Waals surface area contributed by atoms with E-state index >= 15 is 0 Å². The van der Waals surface area contributed by atoms with Crippen molar-refractivity contribution in [1.82, 2.24) is 10.6 Å². The van der Waals surface area contributed by atoms with Crippen LogP contribution in [0.25, 0.3) is 10.8 Å². The Morgan fingerprint density at radius 1 is 1.16 bits per heavy atom. The molecule has 5 heteroatoms. The van der Waals surface area contributed by atoms with Crippen molar-refractivity contribution in [2.75, 3.05) is 6.54 Å². The Morgan fingerprint density at radius 3 is 2.68 bits per heavy atom. The summed E-state index contributed by atoms with van der Waals surface area (Å²) in [5.74, 6) is 0.412. The molecule has 2 atom stereocenters. The summed E-state index contributed by atoms with van der Waals surface area (Å²) in [4.78, 5) is 12.2. The van der Waals surface area contributed by atoms with Crippen molar-refractivity contribution in [3.63, 3.8) is 0 Å². The highest BCUT2D eigenvalue weighted by molar-refractivity contribution is 5.86. The molecule has 3 aromatic rings. The van der Waals surface area contributed by atoms with Gasteiger partial charge in [0.25, 0.3) is 0 Å². The van der Waals surface area contributed by atoms with Gasteiger partial charge in [0, 0.05) is 0 Å². The maximum atomic E-state index is 12.2. The van der Waals surface area contributed by atoms with E-state index in [1.165, 1.54) is 6.26 Å². The molecule has 0 spiro atoms. The fraction of sp³-hybridized carbons (Fsp3) is 0.250. The van der Waals surface area contributed by atoms with Crippen molar-refractivity contribution in [3.8, 4) is 0 Å². The van der Waals surface area contributed by atoms with Crippen LogP contribution in [0.4, 0.5) is 4.79 Å². The molecule has 2 aromatic carbocycles. The third-order valence-corrected chi connectivity index (χ3v) is 4.28. The van der Waals surface area contributed by atoms with Gasteiger partial charge in [-0.25, -0.2) is 4.79 Å². The van der Waals surface area contributed by atoms with Gasteiger partial charge in [0.2, 0.25) is 0 Å². The number of fused-ring (bicyclic) bond motifs is 1. The van der Waals surface area contributed by atoms with E-state index in [1.807, 2.05) is 49.4 Å². The standard InChI is InChI=1S/C20H22N2O3/c1-14(16-10-5-8-15-7-3-4-9-17(15)16)22-19(23)21-13-20(2,24)18-11-6-12-25-18/h3-12,14,24H,13H2,1-2H3,(H2,21,22,23). The molecule has 5 nitrogen and oxygen atoms in total. The monoisotopic (exact) mass is 338 g/mol. The van der Waals surface area contributed by atoms with Gasteiger partial charge in [0.05, 0.1) is 18.8 Å². The second-order valence-corrected chi connectivity index (χ2v) is 6.37. The summed E-state index contributed by atoms with van der Waals surface area (Å²) >= 11 is 0. The summed E-state index contributed by atoms with van der Waals surface area (Å²) in [6, 6.07) is 17.0. The fourth-order valence-electron chi connectivity index (χ4n) is 2.88. The van der Waals surface area contributed by atoms with Gasteiger partial charge >= 0.3 is 6.03 Å². The Balaban J connectivity index is 1.64. The first-order chi connectivity index (χ1) is 12.0. The van der Waals surface area contributed by atoms with E-state index < -0.39 is 5.60 Å². The van der Waals surface area contributed by atoms with Crippen molar-refractivity contribution in [2.45, 2.75) is 25.5 Å². The largest absolute Gasteiger partial charge is 0.466 e. The number of carbonyl (C=O) groups is 1. The minimum absolute atomic E-state index is 0.0502. The number of hydrogen-bond donors (Lipinski definition) is 3. The first kappa shape index (κ1) is 17.0. The molecular weight excluding hydrogens is 316 g/mol. The zero-order valence-electron chi connectivity index (χ0n) is 14.3. The molecule has 0 fully saturated rings. The normalized spacial score (nSPS) is 14.7. The number of benzene rings is 2. The third-order valence-electron chi connectivity index (χ3n) is 4.28. The molecule has 1 aromatic heterocycles. The lowest BCUT2D eigenvalue weighted by Gasteiger charge is -2.22. The van der Waals surface area contributed by atoms with Crippen LogP contribution >= 0.6 is 0 Å². The van der Waals surface area contributed by atoms with Crippen LogP contribution in [0.5, 0.6) is 0 Å². The van der Waals surface area contributed by atoms with Crippen LogP contribution in [0.1, 0.15) is 31.2 Å². The summed E-state index contributed by atoms with van der Waals surface area (Å²) in [6.45, 7) is 3.58. The lowest BCUT2D eigenvalue weighted by molar-refractivity contribution is 0.0367. The molecule has 3 N–H and O–H groups in total. The second kappa shape index (κ2) is 6.99. The van der Waals surface area contributed by atoms with E-state index in [-0.39, 0.29) is 18.6 Å². The molecule has 0 saturated carbocycles. The van der Waals surface area contributed by atoms with Crippen LogP contribution in [0, 0.1) is 0 Å². The molecule has 2 amide bonds. The third kappa shape index (κ3) is 3.83. The minimum atomic E-state index is -1.26. The predicted octanol–water partition coefficient (Wildman–Crippen LogP) is 3.70. The first-order valence-corrected chi connectivity index (χ1v) is 8.26. The molecule has 130 valence electrons. The van der Waals surface area contributed by atoms with Crippen LogP contribution in [0.2, 0.25) is 0 Å². The van der Waals surface area contributed by atoms with E-state index in [0.717, 1.165) is 16.3 Å². The van der Waals surface area contributed by atoms with Crippen LogP contribution in [-0.4, -0.2) is 17.7 Å². The van der Waals surface area contributed by atoms with Gasteiger partial charge in [-0.05, 0) is 42.3 Å². The molecule has 3 rings (SSSR count). The van der Waals surface area contributed by atoms with Crippen molar-refractivity contribution in [2.24, 2.45) is 0 Å². The van der Waals surface area contributed by atoms with Crippen LogP contribution < -0.4 is 10.6 Å². The lowest BCUT2D eigenvalue weighted by atomic mass is 10.00. The molecule has 25 heavy (non-hydrogen) atoms. The van der Waals surface area contributed by atoms with E-state index in [4.69, 9.17) is 4.42 Å². The van der Waals surface area contributed by atoms with E-state index in [9.17, 15) is 9.90 Å². The molecule has 1 heterocycles. The van der Waals surface area contributed by atoms with Gasteiger partial charge < -0.3 is 20.2 Å². The van der Waals surface area contributed by atoms with Crippen LogP contribution in [0.15, 0.2) is 65.3 Å². The Hall–Kier alpha value is -2.79. The van der Waals surface area contributed by atoms with Gasteiger partial charge in [0.1, 0.15) is 11.4 Å². The van der Waals surface area contributed by atoms with E-state index in [1.54, 1.807) is 19.1 Å². The van der Waals surface area contributed by atoms with Crippen LogP contribution in [-0.2, 0) is 5.60 Å². The maximum Gasteiger partial charge on any atom is 0.315 e. The molecule has 0 bridgehead atoms. The highest BCUT2D eigenvalue weighted by Crippen LogP contribution is 2.24. The van der Waals surface area contributed by atoms with Gasteiger partial charge in [-0.15, -0.1) is 0 Å². The summed E-state index contributed by atoms with van der Waals surface area (Å²) in [5, 5.41) is 18.2. The molecular formula is C20H22N2O3. The summed E-state index contributed by atoms with van der Waals surface area (Å²) < 4.78 is 5.21. The quantitative estimate of drug-likeness (QED) is 0.664. The van der Waals surface area contributed by atoms with E-state index in [0.29, 0.717) is 5.76 Å². The summed E-state index contributed by atoms with van der Waals surface area (Å²) in [5.41, 5.74) is -0.213. The van der Waals surface area contributed by atoms with Gasteiger partial charge in [0.15, 0.2) is 0 Å². The highest BCUT2D eigenvalue weighted by atomic mass is 16.4. The Morgan fingerprint density at radius 2 is 1.92 bits per heavy atom. The number of carbonyl (C=O) groups excluding carboxylic acids is 1. The van der Waals surface area contributed by atoms with Gasteiger partial charge in [-0.3, -0.25) is 0 Å². The van der Waals surface area contributed by atoms with Crippen molar-refractivity contribution in [1.29, 1.82) is 0 Å². The molecule has 0 saturated heterocycles. The average molecular weight is 338 g/mol. The minimum Gasteiger partial charge on any atom is -0.466 e. The molecule has 0 aliphatic heterocycles. The van der Waals surface area contributed by atoms with E-state index in [2.05, 4.69) is 10.6 Å². The molecule has 0 aliphatic rings. The Kier molecular flexibility index (Phi) is 4.76. The number of amides is 2. The number of rotatable bonds is 5.